The fourth-order valence-corrected chi connectivity index (χ4v) is 9.29. The topological polar surface area (TPSA) is 38.9 Å². The van der Waals surface area contributed by atoms with Crippen molar-refractivity contribution in [2.45, 2.75) is 0 Å². The van der Waals surface area contributed by atoms with Crippen LogP contribution in [-0.2, 0) is 0 Å². The third-order valence-electron chi connectivity index (χ3n) is 10.7. The third-order valence-corrected chi connectivity index (χ3v) is 11.9. The van der Waals surface area contributed by atoms with E-state index < -0.39 is 0 Å². The second-order valence-corrected chi connectivity index (χ2v) is 15.2. The van der Waals surface area contributed by atoms with E-state index in [2.05, 4.69) is 164 Å². The minimum Gasteiger partial charge on any atom is -0.455 e. The minimum atomic E-state index is 0.687. The van der Waals surface area contributed by atoms with Crippen molar-refractivity contribution < 1.29 is 4.42 Å². The number of fused-ring (bicyclic) bond motifs is 6. The van der Waals surface area contributed by atoms with Crippen molar-refractivity contribution >= 4 is 53.4 Å². The van der Waals surface area contributed by atoms with Gasteiger partial charge in [0.2, 0.25) is 0 Å². The summed E-state index contributed by atoms with van der Waals surface area (Å²) >= 11 is 1.82. The van der Waals surface area contributed by atoms with E-state index in [-0.39, 0.29) is 0 Å². The predicted octanol–water partition coefficient (Wildman–Crippen LogP) is 14.7. The summed E-state index contributed by atoms with van der Waals surface area (Å²) in [5, 5.41) is 4.71. The lowest BCUT2D eigenvalue weighted by molar-refractivity contribution is 0.670. The molecule has 262 valence electrons. The van der Waals surface area contributed by atoms with Gasteiger partial charge in [0.25, 0.3) is 0 Å². The van der Waals surface area contributed by atoms with Crippen molar-refractivity contribution in [3.8, 4) is 67.3 Å². The number of hydrogen-bond acceptors (Lipinski definition) is 4. The Labute approximate surface area is 327 Å². The fourth-order valence-electron chi connectivity index (χ4n) is 8.06. The highest BCUT2D eigenvalue weighted by atomic mass is 32.1. The standard InChI is InChI=1S/C52H32N2OS/c1-3-15-33(16-4-1)38-19-7-8-20-39(38)35-29-36(40-23-13-24-43-41-21-9-11-27-48(41)55-50(40)43)31-37(30-35)46-32-47(54-52(53-46)34-17-5-2-6-18-34)45-26-14-25-44-42-22-10-12-28-49(42)56-51(44)45/h1-32H. The molecule has 0 atom stereocenters. The fraction of sp³-hybridized carbons (Fsp3) is 0. The molecule has 3 nitrogen and oxygen atoms in total. The Bertz CT molecular complexity index is 3250. The number of furan rings is 1. The largest absolute Gasteiger partial charge is 0.455 e. The summed E-state index contributed by atoms with van der Waals surface area (Å²) in [6, 6.07) is 68.5. The lowest BCUT2D eigenvalue weighted by Crippen LogP contribution is -1.97. The number of nitrogens with zero attached hydrogens (tertiary/aromatic N) is 2. The molecule has 56 heavy (non-hydrogen) atoms. The van der Waals surface area contributed by atoms with Gasteiger partial charge in [0.05, 0.1) is 11.4 Å². The molecule has 0 unspecified atom stereocenters. The second kappa shape index (κ2) is 13.3. The molecule has 0 fully saturated rings. The number of rotatable bonds is 6. The zero-order chi connectivity index (χ0) is 37.0. The average Bonchev–Trinajstić information content (AvgIpc) is 3.85. The highest BCUT2D eigenvalue weighted by Gasteiger charge is 2.19. The molecule has 11 aromatic rings. The maximum Gasteiger partial charge on any atom is 0.160 e. The summed E-state index contributed by atoms with van der Waals surface area (Å²) < 4.78 is 9.11. The molecule has 0 radical (unpaired) electrons. The highest BCUT2D eigenvalue weighted by molar-refractivity contribution is 7.26. The zero-order valence-electron chi connectivity index (χ0n) is 30.2. The Morgan fingerprint density at radius 3 is 1.71 bits per heavy atom. The van der Waals surface area contributed by atoms with Crippen LogP contribution < -0.4 is 0 Å². The van der Waals surface area contributed by atoms with Gasteiger partial charge in [-0.15, -0.1) is 11.3 Å². The van der Waals surface area contributed by atoms with Gasteiger partial charge in [-0.05, 0) is 64.2 Å². The third kappa shape index (κ3) is 5.50. The molecule has 3 aromatic heterocycles. The molecule has 0 aliphatic rings. The van der Waals surface area contributed by atoms with Gasteiger partial charge >= 0.3 is 0 Å². The molecular formula is C52H32N2OS. The van der Waals surface area contributed by atoms with Crippen LogP contribution in [0, 0.1) is 0 Å². The lowest BCUT2D eigenvalue weighted by atomic mass is 9.90. The Morgan fingerprint density at radius 1 is 0.357 bits per heavy atom. The van der Waals surface area contributed by atoms with E-state index >= 15 is 0 Å². The van der Waals surface area contributed by atoms with Crippen LogP contribution in [0.2, 0.25) is 0 Å². The number of thiophene rings is 1. The Balaban J connectivity index is 1.19. The van der Waals surface area contributed by atoms with Gasteiger partial charge < -0.3 is 4.42 Å². The first kappa shape index (κ1) is 32.3. The van der Waals surface area contributed by atoms with Crippen molar-refractivity contribution in [1.82, 2.24) is 9.97 Å². The SMILES string of the molecule is c1ccc(-c2nc(-c3cc(-c4ccccc4-c4ccccc4)cc(-c4cccc5c4oc4ccccc45)c3)cc(-c3cccc4c3sc3ccccc34)n2)cc1. The van der Waals surface area contributed by atoms with Crippen LogP contribution in [-0.4, -0.2) is 9.97 Å². The number of para-hydroxylation sites is 2. The molecule has 4 heteroatoms. The molecule has 3 heterocycles. The number of benzene rings is 8. The predicted molar refractivity (Wildman–Crippen MR) is 235 cm³/mol. The molecule has 0 saturated carbocycles. The Morgan fingerprint density at radius 2 is 0.911 bits per heavy atom. The Kier molecular flexibility index (Phi) is 7.68. The van der Waals surface area contributed by atoms with Crippen LogP contribution in [0.3, 0.4) is 0 Å². The van der Waals surface area contributed by atoms with Gasteiger partial charge in [0.1, 0.15) is 11.2 Å². The van der Waals surface area contributed by atoms with E-state index in [9.17, 15) is 0 Å². The van der Waals surface area contributed by atoms with Gasteiger partial charge in [0, 0.05) is 53.2 Å². The first-order valence-corrected chi connectivity index (χ1v) is 19.6. The van der Waals surface area contributed by atoms with Crippen molar-refractivity contribution in [1.29, 1.82) is 0 Å². The van der Waals surface area contributed by atoms with Crippen LogP contribution in [0.5, 0.6) is 0 Å². The first-order valence-electron chi connectivity index (χ1n) is 18.8. The van der Waals surface area contributed by atoms with Crippen molar-refractivity contribution in [2.24, 2.45) is 0 Å². The summed E-state index contributed by atoms with van der Waals surface area (Å²) in [7, 11) is 0. The van der Waals surface area contributed by atoms with Gasteiger partial charge in [-0.25, -0.2) is 9.97 Å². The molecule has 11 rings (SSSR count). The van der Waals surface area contributed by atoms with Crippen LogP contribution >= 0.6 is 11.3 Å². The monoisotopic (exact) mass is 732 g/mol. The summed E-state index contributed by atoms with van der Waals surface area (Å²) in [5.74, 6) is 0.687. The minimum absolute atomic E-state index is 0.687. The van der Waals surface area contributed by atoms with Crippen molar-refractivity contribution in [3.05, 3.63) is 194 Å². The quantitative estimate of drug-likeness (QED) is 0.171. The number of hydrogen-bond donors (Lipinski definition) is 0. The van der Waals surface area contributed by atoms with Crippen LogP contribution in [0.25, 0.3) is 109 Å². The molecule has 0 aliphatic heterocycles. The highest BCUT2D eigenvalue weighted by Crippen LogP contribution is 2.43. The molecule has 8 aromatic carbocycles. The smallest absolute Gasteiger partial charge is 0.160 e. The molecule has 0 N–H and O–H groups in total. The maximum absolute atomic E-state index is 6.62. The van der Waals surface area contributed by atoms with Gasteiger partial charge in [-0.3, -0.25) is 0 Å². The molecular weight excluding hydrogens is 701 g/mol. The second-order valence-electron chi connectivity index (χ2n) is 14.1. The molecule has 0 bridgehead atoms. The van der Waals surface area contributed by atoms with Gasteiger partial charge in [0.15, 0.2) is 5.82 Å². The van der Waals surface area contributed by atoms with Gasteiger partial charge in [-0.1, -0.05) is 158 Å². The Hall–Kier alpha value is -7.14. The van der Waals surface area contributed by atoms with Crippen molar-refractivity contribution in [2.75, 3.05) is 0 Å². The maximum atomic E-state index is 6.62. The van der Waals surface area contributed by atoms with E-state index in [1.807, 2.05) is 41.7 Å². The summed E-state index contributed by atoms with van der Waals surface area (Å²) in [6.45, 7) is 0. The summed E-state index contributed by atoms with van der Waals surface area (Å²) in [5.41, 5.74) is 13.2. The normalized spacial score (nSPS) is 11.6. The average molecular weight is 733 g/mol. The summed E-state index contributed by atoms with van der Waals surface area (Å²) in [6.07, 6.45) is 0. The molecule has 0 saturated heterocycles. The first-order chi connectivity index (χ1) is 27.7. The van der Waals surface area contributed by atoms with E-state index in [0.29, 0.717) is 5.82 Å². The van der Waals surface area contributed by atoms with Crippen LogP contribution in [0.1, 0.15) is 0 Å². The summed E-state index contributed by atoms with van der Waals surface area (Å²) in [4.78, 5) is 10.6. The van der Waals surface area contributed by atoms with E-state index in [1.54, 1.807) is 0 Å². The molecule has 0 spiro atoms. The van der Waals surface area contributed by atoms with E-state index in [1.165, 1.54) is 31.3 Å². The molecule has 0 amide bonds. The van der Waals surface area contributed by atoms with Crippen molar-refractivity contribution in [3.63, 3.8) is 0 Å². The van der Waals surface area contributed by atoms with Gasteiger partial charge in [-0.2, -0.15) is 0 Å². The lowest BCUT2D eigenvalue weighted by Gasteiger charge is -2.15. The van der Waals surface area contributed by atoms with E-state index in [4.69, 9.17) is 14.4 Å². The van der Waals surface area contributed by atoms with Crippen LogP contribution in [0.15, 0.2) is 199 Å². The van der Waals surface area contributed by atoms with Crippen LogP contribution in [0.4, 0.5) is 0 Å². The molecule has 0 aliphatic carbocycles. The zero-order valence-corrected chi connectivity index (χ0v) is 31.0. The number of aromatic nitrogens is 2. The van der Waals surface area contributed by atoms with E-state index in [0.717, 1.165) is 72.3 Å².